The monoisotopic (exact) mass is 264 g/mol. The molecule has 5 nitrogen and oxygen atoms in total. The topological polar surface area (TPSA) is 62.7 Å². The zero-order valence-corrected chi connectivity index (χ0v) is 11.4. The van der Waals surface area contributed by atoms with Crippen molar-refractivity contribution in [3.05, 3.63) is 23.4 Å². The summed E-state index contributed by atoms with van der Waals surface area (Å²) in [6.07, 6.45) is 3.32. The molecule has 0 amide bonds. The van der Waals surface area contributed by atoms with Crippen molar-refractivity contribution >= 4 is 5.97 Å². The molecule has 2 heterocycles. The Hall–Kier alpha value is -1.62. The molecule has 19 heavy (non-hydrogen) atoms. The third-order valence-corrected chi connectivity index (χ3v) is 3.59. The second-order valence-corrected chi connectivity index (χ2v) is 5.02. The lowest BCUT2D eigenvalue weighted by atomic mass is 10.1. The lowest BCUT2D eigenvalue weighted by Gasteiger charge is -2.19. The zero-order chi connectivity index (χ0) is 13.8. The van der Waals surface area contributed by atoms with Crippen LogP contribution in [0.3, 0.4) is 0 Å². The van der Waals surface area contributed by atoms with E-state index in [-0.39, 0.29) is 11.4 Å². The van der Waals surface area contributed by atoms with Gasteiger partial charge >= 0.3 is 5.97 Å². The number of aryl methyl sites for hydroxylation is 1. The van der Waals surface area contributed by atoms with Crippen molar-refractivity contribution in [1.82, 2.24) is 9.88 Å². The average Bonchev–Trinajstić information content (AvgIpc) is 2.75. The van der Waals surface area contributed by atoms with Crippen LogP contribution in [0.15, 0.2) is 12.1 Å². The summed E-state index contributed by atoms with van der Waals surface area (Å²) >= 11 is 0. The third-order valence-electron chi connectivity index (χ3n) is 3.59. The summed E-state index contributed by atoms with van der Waals surface area (Å²) in [7, 11) is 2.12. The second kappa shape index (κ2) is 6.02. The van der Waals surface area contributed by atoms with Crippen molar-refractivity contribution in [2.75, 3.05) is 20.2 Å². The van der Waals surface area contributed by atoms with Gasteiger partial charge in [-0.25, -0.2) is 9.78 Å². The predicted molar refractivity (Wildman–Crippen MR) is 71.7 cm³/mol. The Bertz CT molecular complexity index is 462. The summed E-state index contributed by atoms with van der Waals surface area (Å²) in [5, 5.41) is 9.08. The number of carboxylic acid groups (broad SMARTS) is 1. The summed E-state index contributed by atoms with van der Waals surface area (Å²) in [6.45, 7) is 3.46. The maximum atomic E-state index is 11.1. The lowest BCUT2D eigenvalue weighted by Crippen LogP contribution is -2.26. The van der Waals surface area contributed by atoms with Crippen molar-refractivity contribution in [2.45, 2.75) is 32.2 Å². The van der Waals surface area contributed by atoms with Crippen LogP contribution in [-0.4, -0.2) is 47.2 Å². The molecule has 104 valence electrons. The molecule has 2 rings (SSSR count). The van der Waals surface area contributed by atoms with Crippen LogP contribution in [0.2, 0.25) is 0 Å². The number of carbonyl (C=O) groups is 1. The summed E-state index contributed by atoms with van der Waals surface area (Å²) < 4.78 is 5.57. The fourth-order valence-electron chi connectivity index (χ4n) is 2.44. The second-order valence-electron chi connectivity index (χ2n) is 5.02. The third kappa shape index (κ3) is 3.44. The van der Waals surface area contributed by atoms with E-state index in [1.54, 1.807) is 12.1 Å². The Morgan fingerprint density at radius 3 is 3.00 bits per heavy atom. The van der Waals surface area contributed by atoms with E-state index in [9.17, 15) is 4.79 Å². The van der Waals surface area contributed by atoms with E-state index in [1.165, 1.54) is 12.8 Å². The molecule has 0 bridgehead atoms. The van der Waals surface area contributed by atoms with Crippen molar-refractivity contribution in [1.29, 1.82) is 0 Å². The quantitative estimate of drug-likeness (QED) is 0.880. The van der Waals surface area contributed by atoms with Crippen LogP contribution in [0.1, 0.15) is 35.3 Å². The van der Waals surface area contributed by atoms with E-state index in [0.29, 0.717) is 12.6 Å². The Morgan fingerprint density at radius 2 is 2.37 bits per heavy atom. The van der Waals surface area contributed by atoms with Crippen molar-refractivity contribution in [3.63, 3.8) is 0 Å². The minimum Gasteiger partial charge on any atom is -0.477 e. The maximum Gasteiger partial charge on any atom is 0.341 e. The molecule has 0 spiro atoms. The molecule has 1 aliphatic heterocycles. The van der Waals surface area contributed by atoms with Crippen LogP contribution in [0, 0.1) is 6.92 Å². The van der Waals surface area contributed by atoms with Gasteiger partial charge in [-0.2, -0.15) is 0 Å². The highest BCUT2D eigenvalue weighted by molar-refractivity contribution is 5.90. The molecule has 0 saturated carbocycles. The van der Waals surface area contributed by atoms with E-state index < -0.39 is 5.97 Å². The van der Waals surface area contributed by atoms with Gasteiger partial charge in [0.2, 0.25) is 5.88 Å². The highest BCUT2D eigenvalue weighted by Gasteiger charge is 2.21. The van der Waals surface area contributed by atoms with Gasteiger partial charge in [0.25, 0.3) is 0 Å². The van der Waals surface area contributed by atoms with Crippen LogP contribution in [-0.2, 0) is 0 Å². The standard InChI is InChI=1S/C14H20N2O3/c1-10-5-6-12(14(17)18)13(15-10)19-9-7-11-4-3-8-16(11)2/h5-6,11H,3-4,7-9H2,1-2H3,(H,17,18). The Labute approximate surface area is 113 Å². The van der Waals surface area contributed by atoms with Crippen LogP contribution < -0.4 is 4.74 Å². The number of carboxylic acids is 1. The molecule has 0 radical (unpaired) electrons. The first kappa shape index (κ1) is 13.8. The molecular formula is C14H20N2O3. The first-order valence-electron chi connectivity index (χ1n) is 6.62. The van der Waals surface area contributed by atoms with Crippen LogP contribution >= 0.6 is 0 Å². The number of hydrogen-bond donors (Lipinski definition) is 1. The number of pyridine rings is 1. The molecule has 5 heteroatoms. The Balaban J connectivity index is 1.95. The molecular weight excluding hydrogens is 244 g/mol. The lowest BCUT2D eigenvalue weighted by molar-refractivity contribution is 0.0690. The number of aromatic nitrogens is 1. The summed E-state index contributed by atoms with van der Waals surface area (Å²) in [5.41, 5.74) is 0.892. The van der Waals surface area contributed by atoms with E-state index in [0.717, 1.165) is 18.7 Å². The van der Waals surface area contributed by atoms with E-state index in [2.05, 4.69) is 16.9 Å². The smallest absolute Gasteiger partial charge is 0.341 e. The molecule has 1 unspecified atom stereocenters. The number of hydrogen-bond acceptors (Lipinski definition) is 4. The SMILES string of the molecule is Cc1ccc(C(=O)O)c(OCCC2CCCN2C)n1. The van der Waals surface area contributed by atoms with Gasteiger partial charge in [-0.3, -0.25) is 0 Å². The zero-order valence-electron chi connectivity index (χ0n) is 11.4. The number of aromatic carboxylic acids is 1. The van der Waals surface area contributed by atoms with Crippen LogP contribution in [0.25, 0.3) is 0 Å². The van der Waals surface area contributed by atoms with Gasteiger partial charge in [0.05, 0.1) is 6.61 Å². The van der Waals surface area contributed by atoms with Gasteiger partial charge in [-0.05, 0) is 51.9 Å². The molecule has 1 N–H and O–H groups in total. The summed E-state index contributed by atoms with van der Waals surface area (Å²) in [4.78, 5) is 17.6. The minimum absolute atomic E-state index is 0.130. The molecule has 0 aromatic carbocycles. The first-order chi connectivity index (χ1) is 9.08. The average molecular weight is 264 g/mol. The summed E-state index contributed by atoms with van der Waals surface area (Å²) in [6, 6.07) is 3.76. The molecule has 1 atom stereocenters. The highest BCUT2D eigenvalue weighted by atomic mass is 16.5. The first-order valence-corrected chi connectivity index (χ1v) is 6.62. The number of nitrogens with zero attached hydrogens (tertiary/aromatic N) is 2. The Morgan fingerprint density at radius 1 is 1.58 bits per heavy atom. The Kier molecular flexibility index (Phi) is 4.37. The maximum absolute atomic E-state index is 11.1. The number of rotatable bonds is 5. The molecule has 1 aromatic rings. The highest BCUT2D eigenvalue weighted by Crippen LogP contribution is 2.20. The fourth-order valence-corrected chi connectivity index (χ4v) is 2.44. The van der Waals surface area contributed by atoms with Gasteiger partial charge in [0.15, 0.2) is 0 Å². The largest absolute Gasteiger partial charge is 0.477 e. The number of ether oxygens (including phenoxy) is 1. The van der Waals surface area contributed by atoms with E-state index in [4.69, 9.17) is 9.84 Å². The van der Waals surface area contributed by atoms with Crippen molar-refractivity contribution < 1.29 is 14.6 Å². The number of likely N-dealkylation sites (tertiary alicyclic amines) is 1. The van der Waals surface area contributed by atoms with E-state index >= 15 is 0 Å². The van der Waals surface area contributed by atoms with Crippen LogP contribution in [0.5, 0.6) is 5.88 Å². The van der Waals surface area contributed by atoms with Crippen LogP contribution in [0.4, 0.5) is 0 Å². The summed E-state index contributed by atoms with van der Waals surface area (Å²) in [5.74, 6) is -0.770. The predicted octanol–water partition coefficient (Wildman–Crippen LogP) is 1.95. The molecule has 1 aromatic heterocycles. The molecule has 1 fully saturated rings. The van der Waals surface area contributed by atoms with Gasteiger partial charge < -0.3 is 14.7 Å². The van der Waals surface area contributed by atoms with Gasteiger partial charge in [0.1, 0.15) is 5.56 Å². The van der Waals surface area contributed by atoms with E-state index in [1.807, 2.05) is 6.92 Å². The molecule has 1 saturated heterocycles. The molecule has 1 aliphatic rings. The fraction of sp³-hybridized carbons (Fsp3) is 0.571. The van der Waals surface area contributed by atoms with Gasteiger partial charge in [-0.1, -0.05) is 0 Å². The molecule has 0 aliphatic carbocycles. The normalized spacial score (nSPS) is 19.6. The van der Waals surface area contributed by atoms with Gasteiger partial charge in [-0.15, -0.1) is 0 Å². The van der Waals surface area contributed by atoms with Crippen molar-refractivity contribution in [3.8, 4) is 5.88 Å². The van der Waals surface area contributed by atoms with Crippen molar-refractivity contribution in [2.24, 2.45) is 0 Å². The minimum atomic E-state index is -1.000. The van der Waals surface area contributed by atoms with Gasteiger partial charge in [0, 0.05) is 11.7 Å².